The van der Waals surface area contributed by atoms with Crippen LogP contribution in [0, 0.1) is 0 Å². The van der Waals surface area contributed by atoms with Crippen LogP contribution in [0.25, 0.3) is 0 Å². The molecule has 0 unspecified atom stereocenters. The highest BCUT2D eigenvalue weighted by molar-refractivity contribution is 5.82. The van der Waals surface area contributed by atoms with Crippen molar-refractivity contribution in [2.75, 3.05) is 19.6 Å². The van der Waals surface area contributed by atoms with Crippen LogP contribution in [0.2, 0.25) is 0 Å². The summed E-state index contributed by atoms with van der Waals surface area (Å²) >= 11 is 0. The third kappa shape index (κ3) is 3.21. The van der Waals surface area contributed by atoms with Crippen LogP contribution >= 0.6 is 0 Å². The van der Waals surface area contributed by atoms with Gasteiger partial charge in [-0.1, -0.05) is 18.0 Å². The zero-order valence-electron chi connectivity index (χ0n) is 14.6. The highest BCUT2D eigenvalue weighted by Crippen LogP contribution is 2.40. The van der Waals surface area contributed by atoms with E-state index in [0.29, 0.717) is 11.7 Å². The predicted molar refractivity (Wildman–Crippen MR) is 89.5 cm³/mol. The van der Waals surface area contributed by atoms with Crippen LogP contribution in [0.4, 0.5) is 0 Å². The van der Waals surface area contributed by atoms with E-state index < -0.39 is 0 Å². The van der Waals surface area contributed by atoms with Gasteiger partial charge in [-0.05, 0) is 58.5 Å². The largest absolute Gasteiger partial charge is 0.339 e. The van der Waals surface area contributed by atoms with Crippen LogP contribution in [0.15, 0.2) is 4.52 Å². The highest BCUT2D eigenvalue weighted by atomic mass is 16.5. The van der Waals surface area contributed by atoms with E-state index in [2.05, 4.69) is 22.0 Å². The van der Waals surface area contributed by atoms with E-state index in [4.69, 9.17) is 4.52 Å². The Kier molecular flexibility index (Phi) is 4.57. The van der Waals surface area contributed by atoms with Crippen molar-refractivity contribution in [1.82, 2.24) is 19.9 Å². The van der Waals surface area contributed by atoms with Gasteiger partial charge in [0.2, 0.25) is 11.8 Å². The smallest absolute Gasteiger partial charge is 0.240 e. The van der Waals surface area contributed by atoms with Gasteiger partial charge < -0.3 is 9.42 Å². The third-order valence-corrected chi connectivity index (χ3v) is 5.76. The van der Waals surface area contributed by atoms with Gasteiger partial charge in [-0.15, -0.1) is 0 Å². The Balaban J connectivity index is 1.45. The summed E-state index contributed by atoms with van der Waals surface area (Å²) in [7, 11) is 0. The van der Waals surface area contributed by atoms with Gasteiger partial charge in [0.15, 0.2) is 5.82 Å². The minimum absolute atomic E-state index is 0.00294. The molecule has 132 valence electrons. The monoisotopic (exact) mass is 332 g/mol. The lowest BCUT2D eigenvalue weighted by Crippen LogP contribution is -2.47. The normalized spacial score (nSPS) is 27.2. The molecule has 1 aromatic heterocycles. The fraction of sp³-hybridized carbons (Fsp3) is 0.833. The first-order valence-corrected chi connectivity index (χ1v) is 9.62. The lowest BCUT2D eigenvalue weighted by atomic mass is 10.1. The molecule has 2 atom stereocenters. The molecule has 3 heterocycles. The first-order chi connectivity index (χ1) is 11.7. The number of rotatable bonds is 4. The van der Waals surface area contributed by atoms with Gasteiger partial charge >= 0.3 is 0 Å². The zero-order valence-corrected chi connectivity index (χ0v) is 14.6. The predicted octanol–water partition coefficient (Wildman–Crippen LogP) is 2.88. The van der Waals surface area contributed by atoms with E-state index in [9.17, 15) is 4.79 Å². The fourth-order valence-corrected chi connectivity index (χ4v) is 4.06. The fourth-order valence-electron chi connectivity index (χ4n) is 4.06. The summed E-state index contributed by atoms with van der Waals surface area (Å²) in [5.74, 6) is 2.18. The molecule has 4 rings (SSSR count). The molecule has 1 aliphatic carbocycles. The average Bonchev–Trinajstić information content (AvgIpc) is 3.23. The Bertz CT molecular complexity index is 575. The quantitative estimate of drug-likeness (QED) is 0.848. The molecule has 0 spiro atoms. The van der Waals surface area contributed by atoms with Crippen molar-refractivity contribution >= 4 is 5.91 Å². The molecule has 0 aromatic carbocycles. The Morgan fingerprint density at radius 3 is 2.54 bits per heavy atom. The van der Waals surface area contributed by atoms with Gasteiger partial charge in [-0.25, -0.2) is 0 Å². The summed E-state index contributed by atoms with van der Waals surface area (Å²) in [6, 6.07) is -0.0401. The van der Waals surface area contributed by atoms with Crippen molar-refractivity contribution in [3.63, 3.8) is 0 Å². The lowest BCUT2D eigenvalue weighted by molar-refractivity contribution is -0.137. The van der Waals surface area contributed by atoms with Gasteiger partial charge in [0.25, 0.3) is 0 Å². The summed E-state index contributed by atoms with van der Waals surface area (Å²) in [6.07, 6.45) is 9.26. The number of carbonyl (C=O) groups is 1. The van der Waals surface area contributed by atoms with Gasteiger partial charge in [0.1, 0.15) is 0 Å². The molecular formula is C18H28N4O2. The molecule has 0 N–H and O–H groups in total. The maximum Gasteiger partial charge on any atom is 0.240 e. The minimum atomic E-state index is -0.0431. The van der Waals surface area contributed by atoms with E-state index in [1.54, 1.807) is 0 Å². The molecule has 3 aliphatic rings. The van der Waals surface area contributed by atoms with E-state index in [1.807, 2.05) is 4.90 Å². The second-order valence-corrected chi connectivity index (χ2v) is 7.58. The maximum absolute atomic E-state index is 13.1. The van der Waals surface area contributed by atoms with Gasteiger partial charge in [0.05, 0.1) is 12.1 Å². The molecule has 24 heavy (non-hydrogen) atoms. The van der Waals surface area contributed by atoms with Crippen molar-refractivity contribution in [3.05, 3.63) is 11.7 Å². The molecule has 6 heteroatoms. The molecule has 1 saturated carbocycles. The van der Waals surface area contributed by atoms with Crippen LogP contribution in [0.5, 0.6) is 0 Å². The van der Waals surface area contributed by atoms with Crippen LogP contribution < -0.4 is 0 Å². The van der Waals surface area contributed by atoms with E-state index in [1.165, 1.54) is 25.7 Å². The first-order valence-electron chi connectivity index (χ1n) is 9.62. The van der Waals surface area contributed by atoms with Crippen molar-refractivity contribution in [2.45, 2.75) is 76.3 Å². The standard InChI is InChI=1S/C18H28N4O2/c1-13(21-10-4-2-3-5-11-21)18(23)22-12-6-7-15(22)16-19-17(24-20-16)14-8-9-14/h13-15H,2-12H2,1H3/t13-,15-/m0/s1. The summed E-state index contributed by atoms with van der Waals surface area (Å²) in [6.45, 7) is 4.96. The van der Waals surface area contributed by atoms with Gasteiger partial charge in [-0.2, -0.15) is 4.98 Å². The lowest BCUT2D eigenvalue weighted by Gasteiger charge is -2.32. The summed E-state index contributed by atoms with van der Waals surface area (Å²) in [5, 5.41) is 4.19. The minimum Gasteiger partial charge on any atom is -0.339 e. The van der Waals surface area contributed by atoms with E-state index in [-0.39, 0.29) is 18.0 Å². The number of hydrogen-bond acceptors (Lipinski definition) is 5. The maximum atomic E-state index is 13.1. The van der Waals surface area contributed by atoms with Crippen LogP contribution in [-0.4, -0.2) is 51.5 Å². The highest BCUT2D eigenvalue weighted by Gasteiger charge is 2.38. The van der Waals surface area contributed by atoms with Crippen molar-refractivity contribution in [2.24, 2.45) is 0 Å². The van der Waals surface area contributed by atoms with Crippen LogP contribution in [0.3, 0.4) is 0 Å². The molecule has 2 saturated heterocycles. The SMILES string of the molecule is C[C@@H](C(=O)N1CCC[C@H]1c1noc(C2CC2)n1)N1CCCCCC1. The Morgan fingerprint density at radius 1 is 1.08 bits per heavy atom. The average molecular weight is 332 g/mol. The molecule has 0 bridgehead atoms. The second-order valence-electron chi connectivity index (χ2n) is 7.58. The van der Waals surface area contributed by atoms with Crippen LogP contribution in [-0.2, 0) is 4.79 Å². The molecule has 6 nitrogen and oxygen atoms in total. The number of hydrogen-bond donors (Lipinski definition) is 0. The Hall–Kier alpha value is -1.43. The number of aromatic nitrogens is 2. The Labute approximate surface area is 143 Å². The van der Waals surface area contributed by atoms with Crippen molar-refractivity contribution in [1.29, 1.82) is 0 Å². The summed E-state index contributed by atoms with van der Waals surface area (Å²) in [4.78, 5) is 22.0. The van der Waals surface area contributed by atoms with Crippen LogP contribution in [0.1, 0.15) is 82.0 Å². The first kappa shape index (κ1) is 16.1. The number of likely N-dealkylation sites (tertiary alicyclic amines) is 2. The second kappa shape index (κ2) is 6.82. The topological polar surface area (TPSA) is 62.5 Å². The van der Waals surface area contributed by atoms with Gasteiger partial charge in [0, 0.05) is 12.5 Å². The molecule has 2 aliphatic heterocycles. The zero-order chi connectivity index (χ0) is 16.5. The van der Waals surface area contributed by atoms with Crippen molar-refractivity contribution < 1.29 is 9.32 Å². The molecule has 1 amide bonds. The van der Waals surface area contributed by atoms with E-state index in [0.717, 1.165) is 51.2 Å². The summed E-state index contributed by atoms with van der Waals surface area (Å²) < 4.78 is 5.41. The molecule has 3 fully saturated rings. The number of amides is 1. The van der Waals surface area contributed by atoms with Gasteiger partial charge in [-0.3, -0.25) is 9.69 Å². The van der Waals surface area contributed by atoms with E-state index >= 15 is 0 Å². The third-order valence-electron chi connectivity index (χ3n) is 5.76. The molecule has 0 radical (unpaired) electrons. The Morgan fingerprint density at radius 2 is 1.83 bits per heavy atom. The molecular weight excluding hydrogens is 304 g/mol. The summed E-state index contributed by atoms with van der Waals surface area (Å²) in [5.41, 5.74) is 0. The number of nitrogens with zero attached hydrogens (tertiary/aromatic N) is 4. The molecule has 1 aromatic rings. The number of carbonyl (C=O) groups excluding carboxylic acids is 1. The van der Waals surface area contributed by atoms with Crippen molar-refractivity contribution in [3.8, 4) is 0 Å².